The van der Waals surface area contributed by atoms with Crippen LogP contribution in [0.25, 0.3) is 0 Å². The minimum Gasteiger partial charge on any atom is -0.497 e. The van der Waals surface area contributed by atoms with Crippen LogP contribution in [0.5, 0.6) is 5.75 Å². The van der Waals surface area contributed by atoms with Gasteiger partial charge in [0.25, 0.3) is 5.91 Å². The average molecular weight is 461 g/mol. The average Bonchev–Trinajstić information content (AvgIpc) is 3.40. The summed E-state index contributed by atoms with van der Waals surface area (Å²) in [6.07, 6.45) is 3.51. The van der Waals surface area contributed by atoms with E-state index in [1.807, 2.05) is 0 Å². The Kier molecular flexibility index (Phi) is 6.67. The minimum atomic E-state index is -0.345. The lowest BCUT2D eigenvalue weighted by molar-refractivity contribution is -0.139. The molecule has 10 heteroatoms. The second-order valence-electron chi connectivity index (χ2n) is 7.73. The fraction of sp³-hybridized carbons (Fsp3) is 0.208. The zero-order chi connectivity index (χ0) is 24.1. The molecule has 1 aliphatic rings. The Morgan fingerprint density at radius 3 is 2.26 bits per heavy atom. The molecule has 1 aromatic heterocycles. The van der Waals surface area contributed by atoms with Crippen LogP contribution in [0.4, 0.5) is 11.4 Å². The van der Waals surface area contributed by atoms with Crippen molar-refractivity contribution in [2.45, 2.75) is 25.9 Å². The van der Waals surface area contributed by atoms with Crippen molar-refractivity contribution in [3.05, 3.63) is 72.1 Å². The van der Waals surface area contributed by atoms with Crippen LogP contribution in [0.2, 0.25) is 0 Å². The third-order valence-electron chi connectivity index (χ3n) is 5.28. The number of hydrogen-bond acceptors (Lipinski definition) is 6. The van der Waals surface area contributed by atoms with Crippen molar-refractivity contribution in [3.8, 4) is 5.75 Å². The second-order valence-corrected chi connectivity index (χ2v) is 7.73. The summed E-state index contributed by atoms with van der Waals surface area (Å²) >= 11 is 0. The number of amides is 4. The normalized spacial score (nSPS) is 13.1. The van der Waals surface area contributed by atoms with Crippen LogP contribution in [0.3, 0.4) is 0 Å². The van der Waals surface area contributed by atoms with Crippen molar-refractivity contribution in [3.63, 3.8) is 0 Å². The van der Waals surface area contributed by atoms with Gasteiger partial charge in [0, 0.05) is 30.3 Å². The molecule has 0 aliphatic carbocycles. The Balaban J connectivity index is 1.29. The van der Waals surface area contributed by atoms with Crippen molar-refractivity contribution < 1.29 is 23.9 Å². The van der Waals surface area contributed by atoms with Gasteiger partial charge in [-0.1, -0.05) is 12.1 Å². The van der Waals surface area contributed by atoms with E-state index in [0.29, 0.717) is 22.7 Å². The van der Waals surface area contributed by atoms with E-state index in [2.05, 4.69) is 15.7 Å². The van der Waals surface area contributed by atoms with E-state index < -0.39 is 0 Å². The molecule has 2 N–H and O–H groups in total. The molecular weight excluding hydrogens is 438 g/mol. The van der Waals surface area contributed by atoms with Gasteiger partial charge in [0.1, 0.15) is 12.3 Å². The van der Waals surface area contributed by atoms with E-state index in [4.69, 9.17) is 4.74 Å². The summed E-state index contributed by atoms with van der Waals surface area (Å²) in [5.41, 5.74) is 2.25. The van der Waals surface area contributed by atoms with E-state index in [1.165, 1.54) is 15.8 Å². The van der Waals surface area contributed by atoms with Crippen molar-refractivity contribution in [2.75, 3.05) is 17.7 Å². The van der Waals surface area contributed by atoms with Gasteiger partial charge in [-0.15, -0.1) is 0 Å². The number of methoxy groups -OCH3 is 1. The second kappa shape index (κ2) is 9.99. The first-order chi connectivity index (χ1) is 16.4. The van der Waals surface area contributed by atoms with Gasteiger partial charge in [0.15, 0.2) is 0 Å². The molecule has 0 spiro atoms. The monoisotopic (exact) mass is 461 g/mol. The lowest BCUT2D eigenvalue weighted by Gasteiger charge is -2.13. The number of imide groups is 1. The number of carbonyl (C=O) groups is 4. The maximum absolute atomic E-state index is 12.5. The van der Waals surface area contributed by atoms with Crippen molar-refractivity contribution in [2.24, 2.45) is 0 Å². The first-order valence-electron chi connectivity index (χ1n) is 10.6. The number of likely N-dealkylation sites (tertiary alicyclic amines) is 1. The Morgan fingerprint density at radius 1 is 0.941 bits per heavy atom. The third kappa shape index (κ3) is 5.47. The number of nitrogens with zero attached hydrogens (tertiary/aromatic N) is 3. The van der Waals surface area contributed by atoms with Crippen LogP contribution in [0.1, 0.15) is 28.8 Å². The van der Waals surface area contributed by atoms with Gasteiger partial charge in [-0.3, -0.25) is 28.8 Å². The minimum absolute atomic E-state index is 0.0233. The van der Waals surface area contributed by atoms with E-state index >= 15 is 0 Å². The molecule has 174 valence electrons. The zero-order valence-electron chi connectivity index (χ0n) is 18.5. The molecule has 0 radical (unpaired) electrons. The van der Waals surface area contributed by atoms with Gasteiger partial charge in [0.05, 0.1) is 25.5 Å². The predicted octanol–water partition coefficient (Wildman–Crippen LogP) is 2.43. The van der Waals surface area contributed by atoms with Crippen LogP contribution in [0.15, 0.2) is 60.9 Å². The quantitative estimate of drug-likeness (QED) is 0.497. The molecule has 2 aromatic carbocycles. The molecule has 4 rings (SSSR count). The summed E-state index contributed by atoms with van der Waals surface area (Å²) in [5.74, 6) is -0.279. The summed E-state index contributed by atoms with van der Waals surface area (Å²) in [4.78, 5) is 49.5. The first kappa shape index (κ1) is 22.7. The number of nitrogens with one attached hydrogen (secondary N) is 2. The molecule has 4 amide bonds. The summed E-state index contributed by atoms with van der Waals surface area (Å²) in [5, 5.41) is 9.61. The van der Waals surface area contributed by atoms with E-state index in [1.54, 1.807) is 61.8 Å². The number of aromatic nitrogens is 2. The van der Waals surface area contributed by atoms with Gasteiger partial charge < -0.3 is 15.4 Å². The van der Waals surface area contributed by atoms with E-state index in [0.717, 1.165) is 5.56 Å². The zero-order valence-corrected chi connectivity index (χ0v) is 18.5. The van der Waals surface area contributed by atoms with Gasteiger partial charge in [0.2, 0.25) is 17.7 Å². The number of ether oxygens (including phenoxy) is 1. The maximum Gasteiger partial charge on any atom is 0.255 e. The molecule has 1 aliphatic heterocycles. The molecule has 0 unspecified atom stereocenters. The molecule has 0 bridgehead atoms. The summed E-state index contributed by atoms with van der Waals surface area (Å²) < 4.78 is 6.51. The fourth-order valence-corrected chi connectivity index (χ4v) is 3.48. The van der Waals surface area contributed by atoms with Crippen LogP contribution in [-0.2, 0) is 27.5 Å². The molecule has 10 nitrogen and oxygen atoms in total. The Bertz CT molecular complexity index is 1200. The van der Waals surface area contributed by atoms with E-state index in [9.17, 15) is 19.2 Å². The first-order valence-corrected chi connectivity index (χ1v) is 10.6. The Labute approximate surface area is 195 Å². The molecule has 3 aromatic rings. The van der Waals surface area contributed by atoms with Crippen LogP contribution >= 0.6 is 0 Å². The van der Waals surface area contributed by atoms with Gasteiger partial charge in [-0.25, -0.2) is 0 Å². The van der Waals surface area contributed by atoms with Crippen molar-refractivity contribution in [1.29, 1.82) is 0 Å². The van der Waals surface area contributed by atoms with Gasteiger partial charge in [-0.2, -0.15) is 5.10 Å². The lowest BCUT2D eigenvalue weighted by atomic mass is 10.1. The fourth-order valence-electron chi connectivity index (χ4n) is 3.48. The molecule has 2 heterocycles. The number of anilines is 2. The van der Waals surface area contributed by atoms with Crippen molar-refractivity contribution in [1.82, 2.24) is 14.7 Å². The van der Waals surface area contributed by atoms with Crippen LogP contribution in [-0.4, -0.2) is 45.4 Å². The molecule has 0 saturated carbocycles. The third-order valence-corrected chi connectivity index (χ3v) is 5.28. The molecule has 0 atom stereocenters. The highest BCUT2D eigenvalue weighted by Gasteiger charge is 2.28. The van der Waals surface area contributed by atoms with Crippen molar-refractivity contribution >= 4 is 35.0 Å². The highest BCUT2D eigenvalue weighted by atomic mass is 16.5. The smallest absolute Gasteiger partial charge is 0.255 e. The number of rotatable bonds is 8. The topological polar surface area (TPSA) is 123 Å². The van der Waals surface area contributed by atoms with Gasteiger partial charge >= 0.3 is 0 Å². The number of benzene rings is 2. The Morgan fingerprint density at radius 2 is 1.62 bits per heavy atom. The largest absolute Gasteiger partial charge is 0.497 e. The van der Waals surface area contributed by atoms with Crippen LogP contribution < -0.4 is 15.4 Å². The highest BCUT2D eigenvalue weighted by Crippen LogP contribution is 2.17. The lowest BCUT2D eigenvalue weighted by Crippen LogP contribution is -2.28. The molecule has 1 saturated heterocycles. The highest BCUT2D eigenvalue weighted by molar-refractivity contribution is 6.04. The SMILES string of the molecule is COc1ccc(NC(=O)Cn2cc(NC(=O)c3ccc(CN4C(=O)CCC4=O)cc3)cn2)cc1. The summed E-state index contributed by atoms with van der Waals surface area (Å²) in [6, 6.07) is 13.6. The number of hydrogen-bond donors (Lipinski definition) is 2. The Hall–Kier alpha value is -4.47. The predicted molar refractivity (Wildman–Crippen MR) is 123 cm³/mol. The summed E-state index contributed by atoms with van der Waals surface area (Å²) in [6.45, 7) is 0.176. The van der Waals surface area contributed by atoms with Crippen LogP contribution in [0, 0.1) is 0 Å². The standard InChI is InChI=1S/C24H23N5O5/c1-34-20-8-6-18(7-9-20)26-21(30)15-28-14-19(12-25-28)27-24(33)17-4-2-16(3-5-17)13-29-22(31)10-11-23(29)32/h2-9,12,14H,10-11,13,15H2,1H3,(H,26,30)(H,27,33). The molecular formula is C24H23N5O5. The summed E-state index contributed by atoms with van der Waals surface area (Å²) in [7, 11) is 1.57. The number of carbonyl (C=O) groups excluding carboxylic acids is 4. The van der Waals surface area contributed by atoms with E-state index in [-0.39, 0.29) is 49.6 Å². The van der Waals surface area contributed by atoms with Gasteiger partial charge in [-0.05, 0) is 42.0 Å². The molecule has 1 fully saturated rings. The maximum atomic E-state index is 12.5. The molecule has 34 heavy (non-hydrogen) atoms.